The van der Waals surface area contributed by atoms with Crippen LogP contribution in [0.5, 0.6) is 0 Å². The first kappa shape index (κ1) is 11.5. The van der Waals surface area contributed by atoms with Crippen LogP contribution in [0.15, 0.2) is 16.8 Å². The highest BCUT2D eigenvalue weighted by Crippen LogP contribution is 2.11. The summed E-state index contributed by atoms with van der Waals surface area (Å²) in [6.45, 7) is 1.70. The molecule has 1 atom stereocenters. The molecule has 0 unspecified atom stereocenters. The molecule has 1 aromatic heterocycles. The minimum Gasteiger partial charge on any atom is -0.480 e. The predicted octanol–water partition coefficient (Wildman–Crippen LogP) is 1.73. The van der Waals surface area contributed by atoms with E-state index in [1.807, 2.05) is 5.38 Å². The first-order valence-corrected chi connectivity index (χ1v) is 5.40. The molecule has 0 radical (unpaired) electrons. The summed E-state index contributed by atoms with van der Waals surface area (Å²) in [5, 5.41) is 17.2. The molecular weight excluding hydrogens is 216 g/mol. The van der Waals surface area contributed by atoms with Gasteiger partial charge in [0.1, 0.15) is 6.04 Å². The normalized spacial score (nSPS) is 11.8. The fraction of sp³-hybridized carbons (Fsp3) is 0.333. The van der Waals surface area contributed by atoms with E-state index in [-0.39, 0.29) is 0 Å². The molecule has 2 amide bonds. The number of urea groups is 1. The van der Waals surface area contributed by atoms with E-state index in [2.05, 4.69) is 10.6 Å². The molecule has 82 valence electrons. The number of thiophene rings is 1. The molecule has 0 fully saturated rings. The second-order valence-electron chi connectivity index (χ2n) is 2.91. The van der Waals surface area contributed by atoms with Crippen molar-refractivity contribution in [1.82, 2.24) is 5.32 Å². The van der Waals surface area contributed by atoms with Gasteiger partial charge in [-0.1, -0.05) is 6.92 Å². The number of rotatable bonds is 4. The molecule has 1 rings (SSSR count). The van der Waals surface area contributed by atoms with Crippen molar-refractivity contribution in [2.75, 3.05) is 5.32 Å². The molecule has 6 heteroatoms. The maximum Gasteiger partial charge on any atom is 0.326 e. The van der Waals surface area contributed by atoms with Gasteiger partial charge < -0.3 is 15.7 Å². The zero-order valence-corrected chi connectivity index (χ0v) is 9.00. The van der Waals surface area contributed by atoms with Crippen molar-refractivity contribution in [2.45, 2.75) is 19.4 Å². The Labute approximate surface area is 91.1 Å². The van der Waals surface area contributed by atoms with Crippen molar-refractivity contribution in [3.05, 3.63) is 16.8 Å². The summed E-state index contributed by atoms with van der Waals surface area (Å²) in [5.41, 5.74) is 0.665. The molecule has 0 bridgehead atoms. The Morgan fingerprint density at radius 2 is 2.33 bits per heavy atom. The Hall–Kier alpha value is -1.56. The number of carboxylic acids is 1. The Morgan fingerprint density at radius 3 is 2.80 bits per heavy atom. The highest BCUT2D eigenvalue weighted by molar-refractivity contribution is 7.08. The number of carbonyl (C=O) groups excluding carboxylic acids is 1. The maximum atomic E-state index is 11.3. The molecule has 0 saturated carbocycles. The number of carbonyl (C=O) groups is 2. The summed E-state index contributed by atoms with van der Waals surface area (Å²) in [5.74, 6) is -1.03. The number of aliphatic carboxylic acids is 1. The van der Waals surface area contributed by atoms with Gasteiger partial charge in [-0.05, 0) is 17.9 Å². The van der Waals surface area contributed by atoms with Gasteiger partial charge in [0.05, 0.1) is 5.69 Å². The minimum absolute atomic E-state index is 0.354. The molecule has 1 heterocycles. The SMILES string of the molecule is CC[C@H](NC(=O)Nc1ccsc1)C(=O)O. The molecule has 1 aromatic rings. The third kappa shape index (κ3) is 3.59. The standard InChI is InChI=1S/C9H12N2O3S/c1-2-7(8(12)13)11-9(14)10-6-3-4-15-5-6/h3-5,7H,2H2,1H3,(H,12,13)(H2,10,11,14)/t7-/m0/s1. The average Bonchev–Trinajstić information content (AvgIpc) is 2.66. The van der Waals surface area contributed by atoms with Crippen molar-refractivity contribution in [2.24, 2.45) is 0 Å². The summed E-state index contributed by atoms with van der Waals surface area (Å²) >= 11 is 1.45. The molecule has 0 aliphatic rings. The first-order valence-electron chi connectivity index (χ1n) is 4.46. The molecule has 15 heavy (non-hydrogen) atoms. The highest BCUT2D eigenvalue weighted by Gasteiger charge is 2.17. The lowest BCUT2D eigenvalue weighted by Crippen LogP contribution is -2.42. The number of hydrogen-bond donors (Lipinski definition) is 3. The van der Waals surface area contributed by atoms with Gasteiger partial charge in [0.2, 0.25) is 0 Å². The number of anilines is 1. The zero-order chi connectivity index (χ0) is 11.3. The zero-order valence-electron chi connectivity index (χ0n) is 8.19. The summed E-state index contributed by atoms with van der Waals surface area (Å²) in [6, 6.07) is 0.401. The van der Waals surface area contributed by atoms with Crippen LogP contribution in [0.2, 0.25) is 0 Å². The van der Waals surface area contributed by atoms with E-state index in [1.165, 1.54) is 11.3 Å². The van der Waals surface area contributed by atoms with Gasteiger partial charge in [-0.2, -0.15) is 11.3 Å². The molecule has 0 aliphatic heterocycles. The van der Waals surface area contributed by atoms with Crippen molar-refractivity contribution in [3.8, 4) is 0 Å². The van der Waals surface area contributed by atoms with Crippen LogP contribution in [-0.2, 0) is 4.79 Å². The van der Waals surface area contributed by atoms with E-state index in [1.54, 1.807) is 18.4 Å². The van der Waals surface area contributed by atoms with Crippen LogP contribution in [0.1, 0.15) is 13.3 Å². The lowest BCUT2D eigenvalue weighted by atomic mass is 10.2. The van der Waals surface area contributed by atoms with Crippen LogP contribution < -0.4 is 10.6 Å². The smallest absolute Gasteiger partial charge is 0.326 e. The molecule has 0 spiro atoms. The Bertz CT molecular complexity index is 337. The topological polar surface area (TPSA) is 78.4 Å². The third-order valence-corrected chi connectivity index (χ3v) is 2.47. The van der Waals surface area contributed by atoms with E-state index in [0.717, 1.165) is 0 Å². The van der Waals surface area contributed by atoms with Gasteiger partial charge in [-0.15, -0.1) is 0 Å². The predicted molar refractivity (Wildman–Crippen MR) is 58.2 cm³/mol. The second kappa shape index (κ2) is 5.35. The Balaban J connectivity index is 2.45. The Morgan fingerprint density at radius 1 is 1.60 bits per heavy atom. The van der Waals surface area contributed by atoms with Crippen LogP contribution in [0.25, 0.3) is 0 Å². The van der Waals surface area contributed by atoms with E-state index in [4.69, 9.17) is 5.11 Å². The average molecular weight is 228 g/mol. The molecule has 5 nitrogen and oxygen atoms in total. The minimum atomic E-state index is -1.03. The lowest BCUT2D eigenvalue weighted by Gasteiger charge is -2.12. The molecule has 0 saturated heterocycles. The van der Waals surface area contributed by atoms with Crippen LogP contribution >= 0.6 is 11.3 Å². The summed E-state index contributed by atoms with van der Waals surface area (Å²) in [4.78, 5) is 21.9. The van der Waals surface area contributed by atoms with Gasteiger partial charge in [0.25, 0.3) is 0 Å². The second-order valence-corrected chi connectivity index (χ2v) is 3.69. The quantitative estimate of drug-likeness (QED) is 0.734. The Kier molecular flexibility index (Phi) is 4.11. The van der Waals surface area contributed by atoms with Crippen molar-refractivity contribution >= 4 is 29.0 Å². The van der Waals surface area contributed by atoms with Crippen LogP contribution in [0.3, 0.4) is 0 Å². The molecule has 0 aromatic carbocycles. The number of nitrogens with one attached hydrogen (secondary N) is 2. The van der Waals surface area contributed by atoms with E-state index in [9.17, 15) is 9.59 Å². The van der Waals surface area contributed by atoms with Gasteiger partial charge in [-0.25, -0.2) is 9.59 Å². The molecule has 3 N–H and O–H groups in total. The fourth-order valence-electron chi connectivity index (χ4n) is 0.999. The number of hydrogen-bond acceptors (Lipinski definition) is 3. The first-order chi connectivity index (χ1) is 7.13. The summed E-state index contributed by atoms with van der Waals surface area (Å²) in [7, 11) is 0. The van der Waals surface area contributed by atoms with E-state index >= 15 is 0 Å². The van der Waals surface area contributed by atoms with Crippen molar-refractivity contribution < 1.29 is 14.7 Å². The number of amides is 2. The van der Waals surface area contributed by atoms with Gasteiger partial charge in [0.15, 0.2) is 0 Å². The van der Waals surface area contributed by atoms with Crippen LogP contribution in [0.4, 0.5) is 10.5 Å². The molecule has 0 aliphatic carbocycles. The van der Waals surface area contributed by atoms with Crippen molar-refractivity contribution in [1.29, 1.82) is 0 Å². The highest BCUT2D eigenvalue weighted by atomic mass is 32.1. The van der Waals surface area contributed by atoms with E-state index < -0.39 is 18.0 Å². The monoisotopic (exact) mass is 228 g/mol. The van der Waals surface area contributed by atoms with Crippen LogP contribution in [-0.4, -0.2) is 23.1 Å². The molecular formula is C9H12N2O3S. The van der Waals surface area contributed by atoms with Crippen molar-refractivity contribution in [3.63, 3.8) is 0 Å². The lowest BCUT2D eigenvalue weighted by molar-refractivity contribution is -0.139. The van der Waals surface area contributed by atoms with Gasteiger partial charge in [-0.3, -0.25) is 0 Å². The number of carboxylic acid groups (broad SMARTS) is 1. The van der Waals surface area contributed by atoms with Gasteiger partial charge >= 0.3 is 12.0 Å². The van der Waals surface area contributed by atoms with Crippen LogP contribution in [0, 0.1) is 0 Å². The maximum absolute atomic E-state index is 11.3. The summed E-state index contributed by atoms with van der Waals surface area (Å²) < 4.78 is 0. The van der Waals surface area contributed by atoms with Gasteiger partial charge in [0, 0.05) is 5.38 Å². The largest absolute Gasteiger partial charge is 0.480 e. The van der Waals surface area contributed by atoms with E-state index in [0.29, 0.717) is 12.1 Å². The summed E-state index contributed by atoms with van der Waals surface area (Å²) in [6.07, 6.45) is 0.354. The fourth-order valence-corrected chi connectivity index (χ4v) is 1.59. The third-order valence-electron chi connectivity index (χ3n) is 1.79.